The normalized spacial score (nSPS) is 14.8. The predicted octanol–water partition coefficient (Wildman–Crippen LogP) is 4.64. The summed E-state index contributed by atoms with van der Waals surface area (Å²) in [6, 6.07) is 18.2. The molecular formula is C20H17N3O. The van der Waals surface area contributed by atoms with Crippen LogP contribution < -0.4 is 4.90 Å². The van der Waals surface area contributed by atoms with E-state index in [1.807, 2.05) is 36.4 Å². The van der Waals surface area contributed by atoms with E-state index in [4.69, 9.17) is 14.4 Å². The molecule has 24 heavy (non-hydrogen) atoms. The van der Waals surface area contributed by atoms with Crippen molar-refractivity contribution in [2.24, 2.45) is 0 Å². The first-order valence-corrected chi connectivity index (χ1v) is 8.40. The third kappa shape index (κ3) is 2.07. The molecule has 2 aromatic carbocycles. The summed E-state index contributed by atoms with van der Waals surface area (Å²) in [5.74, 6) is 1.68. The van der Waals surface area contributed by atoms with Crippen LogP contribution >= 0.6 is 0 Å². The Morgan fingerprint density at radius 1 is 0.833 bits per heavy atom. The smallest absolute Gasteiger partial charge is 0.196 e. The van der Waals surface area contributed by atoms with Crippen LogP contribution in [-0.4, -0.2) is 23.1 Å². The maximum absolute atomic E-state index is 6.12. The second-order valence-corrected chi connectivity index (χ2v) is 6.21. The van der Waals surface area contributed by atoms with Crippen molar-refractivity contribution in [1.82, 2.24) is 9.97 Å². The minimum Gasteiger partial charge on any atom is -0.450 e. The Labute approximate surface area is 139 Å². The van der Waals surface area contributed by atoms with E-state index in [2.05, 4.69) is 23.1 Å². The average Bonchev–Trinajstić information content (AvgIpc) is 3.29. The van der Waals surface area contributed by atoms with Crippen molar-refractivity contribution in [3.05, 3.63) is 54.6 Å². The van der Waals surface area contributed by atoms with Gasteiger partial charge in [-0.05, 0) is 25.0 Å². The van der Waals surface area contributed by atoms with Gasteiger partial charge in [0.15, 0.2) is 17.2 Å². The summed E-state index contributed by atoms with van der Waals surface area (Å²) >= 11 is 0. The molecule has 1 saturated heterocycles. The lowest BCUT2D eigenvalue weighted by Crippen LogP contribution is -2.19. The van der Waals surface area contributed by atoms with Gasteiger partial charge in [0.1, 0.15) is 11.1 Å². The molecule has 4 heteroatoms. The van der Waals surface area contributed by atoms with Crippen molar-refractivity contribution in [3.8, 4) is 11.4 Å². The number of fused-ring (bicyclic) bond motifs is 3. The van der Waals surface area contributed by atoms with Gasteiger partial charge in [-0.25, -0.2) is 9.97 Å². The minimum atomic E-state index is 0.761. The molecule has 0 amide bonds. The van der Waals surface area contributed by atoms with Crippen LogP contribution in [0.25, 0.3) is 33.5 Å². The molecule has 1 fully saturated rings. The van der Waals surface area contributed by atoms with Gasteiger partial charge >= 0.3 is 0 Å². The molecule has 1 aliphatic rings. The quantitative estimate of drug-likeness (QED) is 0.540. The number of rotatable bonds is 2. The highest BCUT2D eigenvalue weighted by Crippen LogP contribution is 2.35. The van der Waals surface area contributed by atoms with Crippen LogP contribution in [0.4, 0.5) is 5.82 Å². The third-order valence-electron chi connectivity index (χ3n) is 4.64. The highest BCUT2D eigenvalue weighted by molar-refractivity contribution is 6.06. The Morgan fingerprint density at radius 3 is 2.42 bits per heavy atom. The summed E-state index contributed by atoms with van der Waals surface area (Å²) in [6.07, 6.45) is 2.40. The number of anilines is 1. The van der Waals surface area contributed by atoms with Crippen molar-refractivity contribution in [3.63, 3.8) is 0 Å². The second-order valence-electron chi connectivity index (χ2n) is 6.21. The maximum atomic E-state index is 6.12. The van der Waals surface area contributed by atoms with Gasteiger partial charge in [0.2, 0.25) is 0 Å². The first kappa shape index (κ1) is 13.5. The second kappa shape index (κ2) is 5.34. The Hall–Kier alpha value is -2.88. The minimum absolute atomic E-state index is 0.761. The van der Waals surface area contributed by atoms with Crippen molar-refractivity contribution in [2.75, 3.05) is 18.0 Å². The van der Waals surface area contributed by atoms with Gasteiger partial charge in [-0.2, -0.15) is 0 Å². The van der Waals surface area contributed by atoms with E-state index in [0.29, 0.717) is 0 Å². The summed E-state index contributed by atoms with van der Waals surface area (Å²) in [7, 11) is 0. The molecule has 0 radical (unpaired) electrons. The van der Waals surface area contributed by atoms with Crippen LogP contribution in [0.3, 0.4) is 0 Å². The molecule has 0 spiro atoms. The van der Waals surface area contributed by atoms with E-state index in [1.54, 1.807) is 0 Å². The van der Waals surface area contributed by atoms with Crippen LogP contribution in [0, 0.1) is 0 Å². The standard InChI is InChI=1S/C20H17N3O/c1-2-8-14(9-3-1)19-21-17-15-10-4-5-11-16(15)24-18(17)20(22-19)23-12-6-7-13-23/h1-5,8-11H,6-7,12-13H2. The van der Waals surface area contributed by atoms with E-state index < -0.39 is 0 Å². The number of furan rings is 1. The molecular weight excluding hydrogens is 298 g/mol. The zero-order chi connectivity index (χ0) is 15.9. The number of para-hydroxylation sites is 1. The van der Waals surface area contributed by atoms with Crippen molar-refractivity contribution in [2.45, 2.75) is 12.8 Å². The fourth-order valence-corrected chi connectivity index (χ4v) is 3.44. The Bertz CT molecular complexity index is 1020. The van der Waals surface area contributed by atoms with Gasteiger partial charge in [-0.3, -0.25) is 0 Å². The zero-order valence-corrected chi connectivity index (χ0v) is 13.3. The van der Waals surface area contributed by atoms with Crippen LogP contribution in [0.2, 0.25) is 0 Å². The first-order valence-electron chi connectivity index (χ1n) is 8.40. The van der Waals surface area contributed by atoms with Gasteiger partial charge < -0.3 is 9.32 Å². The van der Waals surface area contributed by atoms with Gasteiger partial charge in [-0.15, -0.1) is 0 Å². The number of hydrogen-bond donors (Lipinski definition) is 0. The van der Waals surface area contributed by atoms with Crippen molar-refractivity contribution < 1.29 is 4.42 Å². The van der Waals surface area contributed by atoms with Crippen LogP contribution in [0.15, 0.2) is 59.0 Å². The van der Waals surface area contributed by atoms with Gasteiger partial charge in [0, 0.05) is 24.0 Å². The lowest BCUT2D eigenvalue weighted by Gasteiger charge is -2.17. The number of benzene rings is 2. The van der Waals surface area contributed by atoms with Gasteiger partial charge in [0.05, 0.1) is 0 Å². The van der Waals surface area contributed by atoms with E-state index in [0.717, 1.165) is 52.4 Å². The number of aromatic nitrogens is 2. The lowest BCUT2D eigenvalue weighted by atomic mass is 10.2. The van der Waals surface area contributed by atoms with Crippen LogP contribution in [-0.2, 0) is 0 Å². The molecule has 2 aromatic heterocycles. The van der Waals surface area contributed by atoms with E-state index in [9.17, 15) is 0 Å². The number of nitrogens with zero attached hydrogens (tertiary/aromatic N) is 3. The molecule has 0 saturated carbocycles. The summed E-state index contributed by atoms with van der Waals surface area (Å²) < 4.78 is 6.12. The Morgan fingerprint density at radius 2 is 1.58 bits per heavy atom. The Kier molecular flexibility index (Phi) is 3.01. The van der Waals surface area contributed by atoms with Crippen LogP contribution in [0.5, 0.6) is 0 Å². The van der Waals surface area contributed by atoms with Crippen molar-refractivity contribution >= 4 is 27.9 Å². The summed E-state index contributed by atoms with van der Waals surface area (Å²) in [4.78, 5) is 12.0. The molecule has 1 aliphatic heterocycles. The topological polar surface area (TPSA) is 42.2 Å². The third-order valence-corrected chi connectivity index (χ3v) is 4.64. The van der Waals surface area contributed by atoms with E-state index in [-0.39, 0.29) is 0 Å². The van der Waals surface area contributed by atoms with Gasteiger partial charge in [0.25, 0.3) is 0 Å². The summed E-state index contributed by atoms with van der Waals surface area (Å²) in [5.41, 5.74) is 3.61. The molecule has 4 nitrogen and oxygen atoms in total. The predicted molar refractivity (Wildman–Crippen MR) is 96.2 cm³/mol. The van der Waals surface area contributed by atoms with E-state index >= 15 is 0 Å². The molecule has 0 N–H and O–H groups in total. The van der Waals surface area contributed by atoms with E-state index in [1.165, 1.54) is 12.8 Å². The molecule has 0 unspecified atom stereocenters. The largest absolute Gasteiger partial charge is 0.450 e. The molecule has 0 aliphatic carbocycles. The molecule has 0 atom stereocenters. The average molecular weight is 315 g/mol. The number of hydrogen-bond acceptors (Lipinski definition) is 4. The molecule has 0 bridgehead atoms. The molecule has 3 heterocycles. The zero-order valence-electron chi connectivity index (χ0n) is 13.3. The van der Waals surface area contributed by atoms with Crippen molar-refractivity contribution in [1.29, 1.82) is 0 Å². The monoisotopic (exact) mass is 315 g/mol. The first-order chi connectivity index (χ1) is 11.9. The highest BCUT2D eigenvalue weighted by atomic mass is 16.3. The fourth-order valence-electron chi connectivity index (χ4n) is 3.44. The molecule has 5 rings (SSSR count). The fraction of sp³-hybridized carbons (Fsp3) is 0.200. The highest BCUT2D eigenvalue weighted by Gasteiger charge is 2.22. The molecule has 118 valence electrons. The summed E-state index contributed by atoms with van der Waals surface area (Å²) in [5, 5.41) is 1.05. The summed E-state index contributed by atoms with van der Waals surface area (Å²) in [6.45, 7) is 2.05. The lowest BCUT2D eigenvalue weighted by molar-refractivity contribution is 0.663. The van der Waals surface area contributed by atoms with Gasteiger partial charge in [-0.1, -0.05) is 42.5 Å². The molecule has 4 aromatic rings. The van der Waals surface area contributed by atoms with Crippen LogP contribution in [0.1, 0.15) is 12.8 Å². The maximum Gasteiger partial charge on any atom is 0.196 e. The SMILES string of the molecule is c1ccc(-c2nc(N3CCCC3)c3oc4ccccc4c3n2)cc1. The Balaban J connectivity index is 1.83.